The number of carbonyl (C=O) groups excluding carboxylic acids is 1. The normalized spacial score (nSPS) is 15.7. The first-order chi connectivity index (χ1) is 10.3. The largest absolute Gasteiger partial charge is 0.496 e. The molecule has 0 atom stereocenters. The number of carbonyl (C=O) groups is 1. The second-order valence-electron chi connectivity index (χ2n) is 5.25. The molecule has 0 bridgehead atoms. The number of benzene rings is 1. The van der Waals surface area contributed by atoms with Crippen molar-refractivity contribution in [1.29, 1.82) is 0 Å². The topological polar surface area (TPSA) is 53.6 Å². The van der Waals surface area contributed by atoms with Crippen LogP contribution in [-0.4, -0.2) is 57.2 Å². The highest BCUT2D eigenvalue weighted by Crippen LogP contribution is 2.18. The number of aryl methyl sites for hydroxylation is 1. The van der Waals surface area contributed by atoms with Gasteiger partial charge in [0.1, 0.15) is 5.75 Å². The van der Waals surface area contributed by atoms with E-state index in [1.165, 1.54) is 0 Å². The van der Waals surface area contributed by atoms with E-state index in [4.69, 9.17) is 4.74 Å². The van der Waals surface area contributed by atoms with Gasteiger partial charge in [0.05, 0.1) is 7.11 Å². The van der Waals surface area contributed by atoms with E-state index in [1.54, 1.807) is 7.11 Å². The van der Waals surface area contributed by atoms with Gasteiger partial charge in [-0.05, 0) is 18.1 Å². The molecule has 1 aliphatic heterocycles. The van der Waals surface area contributed by atoms with E-state index in [2.05, 4.69) is 15.5 Å². The molecule has 0 radical (unpaired) electrons. The lowest BCUT2D eigenvalue weighted by Crippen LogP contribution is -2.46. The van der Waals surface area contributed by atoms with Gasteiger partial charge in [0, 0.05) is 45.7 Å². The summed E-state index contributed by atoms with van der Waals surface area (Å²) >= 11 is 0. The van der Waals surface area contributed by atoms with Gasteiger partial charge in [0.25, 0.3) is 0 Å². The number of rotatable bonds is 7. The Hall–Kier alpha value is -1.59. The summed E-state index contributed by atoms with van der Waals surface area (Å²) in [6, 6.07) is 7.85. The molecule has 1 amide bonds. The molecular weight excluding hydrogens is 266 g/mol. The molecule has 116 valence electrons. The first-order valence-corrected chi connectivity index (χ1v) is 7.61. The summed E-state index contributed by atoms with van der Waals surface area (Å²) in [5, 5.41) is 6.32. The first-order valence-electron chi connectivity index (χ1n) is 7.61. The van der Waals surface area contributed by atoms with Crippen molar-refractivity contribution < 1.29 is 9.53 Å². The van der Waals surface area contributed by atoms with Crippen molar-refractivity contribution in [3.05, 3.63) is 29.8 Å². The predicted octanol–water partition coefficient (Wildman–Crippen LogP) is 0.649. The van der Waals surface area contributed by atoms with Crippen LogP contribution in [0.3, 0.4) is 0 Å². The van der Waals surface area contributed by atoms with Gasteiger partial charge in [-0.25, -0.2) is 0 Å². The van der Waals surface area contributed by atoms with Crippen molar-refractivity contribution in [3.63, 3.8) is 0 Å². The summed E-state index contributed by atoms with van der Waals surface area (Å²) in [7, 11) is 1.66. The number of piperazine rings is 1. The fourth-order valence-electron chi connectivity index (χ4n) is 2.53. The van der Waals surface area contributed by atoms with E-state index in [0.717, 1.165) is 50.6 Å². The molecule has 0 unspecified atom stereocenters. The molecule has 5 nitrogen and oxygen atoms in total. The van der Waals surface area contributed by atoms with E-state index in [1.807, 2.05) is 24.3 Å². The zero-order valence-corrected chi connectivity index (χ0v) is 12.7. The maximum atomic E-state index is 11.9. The van der Waals surface area contributed by atoms with Crippen LogP contribution in [0.15, 0.2) is 24.3 Å². The number of methoxy groups -OCH3 is 1. The van der Waals surface area contributed by atoms with Gasteiger partial charge in [-0.2, -0.15) is 0 Å². The molecule has 0 aromatic heterocycles. The van der Waals surface area contributed by atoms with Crippen molar-refractivity contribution in [2.24, 2.45) is 0 Å². The highest BCUT2D eigenvalue weighted by Gasteiger charge is 2.10. The van der Waals surface area contributed by atoms with Gasteiger partial charge in [-0.1, -0.05) is 18.2 Å². The van der Waals surface area contributed by atoms with Crippen LogP contribution in [-0.2, 0) is 11.2 Å². The molecule has 21 heavy (non-hydrogen) atoms. The first kappa shape index (κ1) is 15.8. The number of nitrogens with one attached hydrogen (secondary N) is 2. The third-order valence-electron chi connectivity index (χ3n) is 3.77. The molecule has 1 heterocycles. The average Bonchev–Trinajstić information content (AvgIpc) is 2.54. The second kappa shape index (κ2) is 8.64. The molecule has 1 aromatic carbocycles. The van der Waals surface area contributed by atoms with Gasteiger partial charge < -0.3 is 15.4 Å². The molecule has 2 rings (SSSR count). The predicted molar refractivity (Wildman–Crippen MR) is 83.6 cm³/mol. The molecule has 5 heteroatoms. The maximum Gasteiger partial charge on any atom is 0.220 e. The zero-order chi connectivity index (χ0) is 14.9. The highest BCUT2D eigenvalue weighted by molar-refractivity contribution is 5.76. The van der Waals surface area contributed by atoms with Crippen LogP contribution in [0.1, 0.15) is 12.0 Å². The second-order valence-corrected chi connectivity index (χ2v) is 5.25. The Morgan fingerprint density at radius 1 is 1.33 bits per heavy atom. The van der Waals surface area contributed by atoms with E-state index in [9.17, 15) is 4.79 Å². The van der Waals surface area contributed by atoms with Crippen LogP contribution in [0.5, 0.6) is 5.75 Å². The summed E-state index contributed by atoms with van der Waals surface area (Å²) in [5.74, 6) is 0.960. The summed E-state index contributed by atoms with van der Waals surface area (Å²) < 4.78 is 5.29. The van der Waals surface area contributed by atoms with Gasteiger partial charge >= 0.3 is 0 Å². The Morgan fingerprint density at radius 2 is 2.10 bits per heavy atom. The van der Waals surface area contributed by atoms with Crippen LogP contribution in [0.4, 0.5) is 0 Å². The molecule has 1 saturated heterocycles. The quantitative estimate of drug-likeness (QED) is 0.774. The molecular formula is C16H25N3O2. The van der Waals surface area contributed by atoms with Crippen LogP contribution in [0.2, 0.25) is 0 Å². The van der Waals surface area contributed by atoms with E-state index in [0.29, 0.717) is 12.8 Å². The zero-order valence-electron chi connectivity index (χ0n) is 12.7. The van der Waals surface area contributed by atoms with Gasteiger partial charge in [0.15, 0.2) is 0 Å². The Labute approximate surface area is 126 Å². The van der Waals surface area contributed by atoms with Crippen LogP contribution in [0, 0.1) is 0 Å². The standard InChI is InChI=1S/C16H25N3O2/c1-21-15-5-3-2-4-14(15)6-7-16(20)18-10-13-19-11-8-17-9-12-19/h2-5,17H,6-13H2,1H3,(H,18,20). The lowest BCUT2D eigenvalue weighted by Gasteiger charge is -2.27. The molecule has 1 fully saturated rings. The Morgan fingerprint density at radius 3 is 2.86 bits per heavy atom. The van der Waals surface area contributed by atoms with Crippen molar-refractivity contribution in [1.82, 2.24) is 15.5 Å². The van der Waals surface area contributed by atoms with Crippen LogP contribution >= 0.6 is 0 Å². The summed E-state index contributed by atoms with van der Waals surface area (Å²) in [6.45, 7) is 5.88. The minimum Gasteiger partial charge on any atom is -0.496 e. The van der Waals surface area contributed by atoms with E-state index < -0.39 is 0 Å². The maximum absolute atomic E-state index is 11.9. The number of amides is 1. The highest BCUT2D eigenvalue weighted by atomic mass is 16.5. The van der Waals surface area contributed by atoms with Gasteiger partial charge in [-0.15, -0.1) is 0 Å². The van der Waals surface area contributed by atoms with Crippen molar-refractivity contribution >= 4 is 5.91 Å². The molecule has 0 aliphatic carbocycles. The number of hydrogen-bond acceptors (Lipinski definition) is 4. The van der Waals surface area contributed by atoms with Crippen LogP contribution < -0.4 is 15.4 Å². The minimum atomic E-state index is 0.107. The minimum absolute atomic E-state index is 0.107. The molecule has 0 spiro atoms. The van der Waals surface area contributed by atoms with Crippen molar-refractivity contribution in [2.45, 2.75) is 12.8 Å². The van der Waals surface area contributed by atoms with E-state index in [-0.39, 0.29) is 5.91 Å². The molecule has 1 aliphatic rings. The molecule has 0 saturated carbocycles. The average molecular weight is 291 g/mol. The molecule has 1 aromatic rings. The fraction of sp³-hybridized carbons (Fsp3) is 0.562. The lowest BCUT2D eigenvalue weighted by atomic mass is 10.1. The Balaban J connectivity index is 1.65. The number of para-hydroxylation sites is 1. The Bertz CT molecular complexity index is 445. The van der Waals surface area contributed by atoms with Crippen LogP contribution in [0.25, 0.3) is 0 Å². The third-order valence-corrected chi connectivity index (χ3v) is 3.77. The number of hydrogen-bond donors (Lipinski definition) is 2. The van der Waals surface area contributed by atoms with Crippen molar-refractivity contribution in [3.8, 4) is 5.75 Å². The van der Waals surface area contributed by atoms with Gasteiger partial charge in [-0.3, -0.25) is 9.69 Å². The fourth-order valence-corrected chi connectivity index (χ4v) is 2.53. The summed E-state index contributed by atoms with van der Waals surface area (Å²) in [6.07, 6.45) is 1.21. The lowest BCUT2D eigenvalue weighted by molar-refractivity contribution is -0.121. The summed E-state index contributed by atoms with van der Waals surface area (Å²) in [4.78, 5) is 14.2. The molecule has 2 N–H and O–H groups in total. The summed E-state index contributed by atoms with van der Waals surface area (Å²) in [5.41, 5.74) is 1.08. The number of ether oxygens (including phenoxy) is 1. The monoisotopic (exact) mass is 291 g/mol. The SMILES string of the molecule is COc1ccccc1CCC(=O)NCCN1CCNCC1. The third kappa shape index (κ3) is 5.36. The van der Waals surface area contributed by atoms with Gasteiger partial charge in [0.2, 0.25) is 5.91 Å². The smallest absolute Gasteiger partial charge is 0.220 e. The Kier molecular flexibility index (Phi) is 6.50. The van der Waals surface area contributed by atoms with Crippen molar-refractivity contribution in [2.75, 3.05) is 46.4 Å². The van der Waals surface area contributed by atoms with E-state index >= 15 is 0 Å². The number of nitrogens with zero attached hydrogens (tertiary/aromatic N) is 1.